The summed E-state index contributed by atoms with van der Waals surface area (Å²) in [5, 5.41) is 1.17. The summed E-state index contributed by atoms with van der Waals surface area (Å²) in [4.78, 5) is 15.8. The van der Waals surface area contributed by atoms with Gasteiger partial charge in [0, 0.05) is 47.7 Å². The number of nitrogens with two attached hydrogens (primary N) is 1. The Morgan fingerprint density at radius 2 is 2.12 bits per heavy atom. The summed E-state index contributed by atoms with van der Waals surface area (Å²) in [5.74, 6) is 1.45. The van der Waals surface area contributed by atoms with E-state index in [4.69, 9.17) is 19.9 Å². The molecule has 33 heavy (non-hydrogen) atoms. The molecular formula is C26H25N3O4. The van der Waals surface area contributed by atoms with Crippen LogP contribution in [0.2, 0.25) is 0 Å². The first-order valence-electron chi connectivity index (χ1n) is 11.3. The monoisotopic (exact) mass is 443 g/mol. The topological polar surface area (TPSA) is 91.5 Å². The normalized spacial score (nSPS) is 16.1. The lowest BCUT2D eigenvalue weighted by molar-refractivity contribution is 0.104. The number of fused-ring (bicyclic) bond motifs is 5. The van der Waals surface area contributed by atoms with Crippen LogP contribution in [0.5, 0.6) is 11.5 Å². The van der Waals surface area contributed by atoms with E-state index in [1.165, 1.54) is 16.5 Å². The zero-order valence-electron chi connectivity index (χ0n) is 18.4. The van der Waals surface area contributed by atoms with Crippen LogP contribution >= 0.6 is 0 Å². The molecule has 168 valence electrons. The van der Waals surface area contributed by atoms with Gasteiger partial charge in [-0.25, -0.2) is 4.79 Å². The molecule has 2 aliphatic heterocycles. The van der Waals surface area contributed by atoms with Crippen LogP contribution in [0.3, 0.4) is 0 Å². The molecule has 2 aromatic carbocycles. The molecule has 6 rings (SSSR count). The van der Waals surface area contributed by atoms with Crippen molar-refractivity contribution < 1.29 is 19.0 Å². The molecule has 2 aromatic heterocycles. The molecule has 0 radical (unpaired) electrons. The molecule has 4 aromatic rings. The lowest BCUT2D eigenvalue weighted by atomic mass is 9.91. The average Bonchev–Trinajstić information content (AvgIpc) is 3.53. The van der Waals surface area contributed by atoms with Crippen molar-refractivity contribution in [2.24, 2.45) is 5.73 Å². The van der Waals surface area contributed by atoms with Crippen molar-refractivity contribution in [1.82, 2.24) is 9.55 Å². The number of carbonyl (C=O) groups is 1. The minimum atomic E-state index is -0.703. The summed E-state index contributed by atoms with van der Waals surface area (Å²) < 4.78 is 18.6. The third kappa shape index (κ3) is 3.11. The van der Waals surface area contributed by atoms with Gasteiger partial charge in [-0.1, -0.05) is 24.3 Å². The number of aromatic nitrogens is 2. The van der Waals surface area contributed by atoms with Crippen LogP contribution in [-0.4, -0.2) is 28.9 Å². The molecule has 0 saturated heterocycles. The summed E-state index contributed by atoms with van der Waals surface area (Å²) in [6.07, 6.45) is 0.818. The fourth-order valence-corrected chi connectivity index (χ4v) is 5.21. The van der Waals surface area contributed by atoms with E-state index in [-0.39, 0.29) is 12.6 Å². The van der Waals surface area contributed by atoms with Gasteiger partial charge in [0.25, 0.3) is 0 Å². The highest BCUT2D eigenvalue weighted by Gasteiger charge is 2.35. The summed E-state index contributed by atoms with van der Waals surface area (Å²) in [6.45, 7) is 3.04. The van der Waals surface area contributed by atoms with Gasteiger partial charge in [0.1, 0.15) is 5.75 Å². The van der Waals surface area contributed by atoms with Crippen molar-refractivity contribution in [2.45, 2.75) is 32.4 Å². The fourth-order valence-electron chi connectivity index (χ4n) is 5.21. The van der Waals surface area contributed by atoms with Gasteiger partial charge in [-0.15, -0.1) is 0 Å². The number of H-pyrrole nitrogens is 1. The maximum absolute atomic E-state index is 12.2. The van der Waals surface area contributed by atoms with Gasteiger partial charge in [0.2, 0.25) is 0 Å². The lowest BCUT2D eigenvalue weighted by Gasteiger charge is -2.29. The summed E-state index contributed by atoms with van der Waals surface area (Å²) in [5.41, 5.74) is 13.8. The van der Waals surface area contributed by atoms with Gasteiger partial charge >= 0.3 is 6.16 Å². The summed E-state index contributed by atoms with van der Waals surface area (Å²) in [7, 11) is 0. The zero-order chi connectivity index (χ0) is 22.5. The smallest absolute Gasteiger partial charge is 0.493 e. The second kappa shape index (κ2) is 7.71. The van der Waals surface area contributed by atoms with Gasteiger partial charge < -0.3 is 29.5 Å². The Morgan fingerprint density at radius 1 is 1.24 bits per heavy atom. The number of aromatic amines is 1. The molecule has 0 aliphatic carbocycles. The number of rotatable bonds is 4. The molecular weight excluding hydrogens is 418 g/mol. The molecule has 0 bridgehead atoms. The number of nitrogens with one attached hydrogen (secondary N) is 1. The van der Waals surface area contributed by atoms with E-state index in [0.717, 1.165) is 40.3 Å². The first-order valence-corrected chi connectivity index (χ1v) is 11.3. The van der Waals surface area contributed by atoms with Gasteiger partial charge in [0.05, 0.1) is 24.9 Å². The van der Waals surface area contributed by atoms with Crippen molar-refractivity contribution in [3.63, 3.8) is 0 Å². The third-order valence-corrected chi connectivity index (χ3v) is 6.60. The Hall–Kier alpha value is -3.71. The van der Waals surface area contributed by atoms with Crippen LogP contribution in [-0.2, 0) is 24.1 Å². The molecule has 2 aliphatic rings. The maximum Gasteiger partial charge on any atom is 0.513 e. The molecule has 0 fully saturated rings. The molecule has 7 heteroatoms. The first kappa shape index (κ1) is 19.9. The average molecular weight is 444 g/mol. The van der Waals surface area contributed by atoms with E-state index < -0.39 is 6.16 Å². The van der Waals surface area contributed by atoms with Crippen molar-refractivity contribution in [3.8, 4) is 11.5 Å². The number of carbonyl (C=O) groups excluding carboxylic acids is 1. The van der Waals surface area contributed by atoms with E-state index in [9.17, 15) is 4.79 Å². The van der Waals surface area contributed by atoms with Crippen LogP contribution in [0.1, 0.15) is 46.7 Å². The Labute approximate surface area is 191 Å². The van der Waals surface area contributed by atoms with E-state index in [2.05, 4.69) is 39.9 Å². The van der Waals surface area contributed by atoms with Crippen molar-refractivity contribution >= 4 is 17.1 Å². The second-order valence-corrected chi connectivity index (χ2v) is 8.41. The first-order chi connectivity index (χ1) is 16.2. The predicted molar refractivity (Wildman–Crippen MR) is 124 cm³/mol. The molecule has 1 atom stereocenters. The highest BCUT2D eigenvalue weighted by molar-refractivity contribution is 5.86. The SMILES string of the molecule is CCOC(=O)Oc1cc(CN)n2c1Cc1c([nH]c3ccccc13)C2c1ccc2c(c1)CCO2. The fraction of sp³-hybridized carbons (Fsp3) is 0.269. The summed E-state index contributed by atoms with van der Waals surface area (Å²) >= 11 is 0. The molecule has 7 nitrogen and oxygen atoms in total. The Bertz CT molecular complexity index is 1380. The summed E-state index contributed by atoms with van der Waals surface area (Å²) in [6, 6.07) is 16.4. The number of hydrogen-bond donors (Lipinski definition) is 2. The number of nitrogens with zero attached hydrogens (tertiary/aromatic N) is 1. The second-order valence-electron chi connectivity index (χ2n) is 8.41. The largest absolute Gasteiger partial charge is 0.513 e. The number of ether oxygens (including phenoxy) is 3. The van der Waals surface area contributed by atoms with Crippen LogP contribution in [0.15, 0.2) is 48.5 Å². The Morgan fingerprint density at radius 3 is 2.97 bits per heavy atom. The minimum Gasteiger partial charge on any atom is -0.493 e. The van der Waals surface area contributed by atoms with Crippen molar-refractivity contribution in [2.75, 3.05) is 13.2 Å². The number of para-hydroxylation sites is 1. The van der Waals surface area contributed by atoms with Crippen LogP contribution in [0.4, 0.5) is 4.79 Å². The molecule has 4 heterocycles. The van der Waals surface area contributed by atoms with E-state index >= 15 is 0 Å². The van der Waals surface area contributed by atoms with Gasteiger partial charge in [-0.3, -0.25) is 0 Å². The quantitative estimate of drug-likeness (QED) is 0.401. The highest BCUT2D eigenvalue weighted by atomic mass is 16.7. The van der Waals surface area contributed by atoms with Gasteiger partial charge in [-0.05, 0) is 41.8 Å². The molecule has 0 saturated carbocycles. The molecule has 0 spiro atoms. The Balaban J connectivity index is 1.57. The van der Waals surface area contributed by atoms with Crippen molar-refractivity contribution in [1.29, 1.82) is 0 Å². The Kier molecular flexibility index (Phi) is 4.66. The zero-order valence-corrected chi connectivity index (χ0v) is 18.4. The molecule has 0 amide bonds. The van der Waals surface area contributed by atoms with Crippen LogP contribution in [0, 0.1) is 0 Å². The van der Waals surface area contributed by atoms with Gasteiger partial charge in [0.15, 0.2) is 5.75 Å². The minimum absolute atomic E-state index is 0.125. The van der Waals surface area contributed by atoms with E-state index in [1.54, 1.807) is 6.92 Å². The molecule has 3 N–H and O–H groups in total. The number of benzene rings is 2. The standard InChI is InChI=1S/C26H25N3O4/c1-2-31-26(30)33-23-12-17(14-27)29-21(23)13-19-18-5-3-4-6-20(18)28-24(19)25(29)16-7-8-22-15(11-16)9-10-32-22/h3-8,11-12,25,28H,2,9-10,13-14,27H2,1H3. The number of hydrogen-bond acceptors (Lipinski definition) is 5. The van der Waals surface area contributed by atoms with E-state index in [1.807, 2.05) is 18.2 Å². The van der Waals surface area contributed by atoms with Crippen LogP contribution in [0.25, 0.3) is 10.9 Å². The van der Waals surface area contributed by atoms with E-state index in [0.29, 0.717) is 25.3 Å². The maximum atomic E-state index is 12.2. The molecule has 1 unspecified atom stereocenters. The van der Waals surface area contributed by atoms with Gasteiger partial charge in [-0.2, -0.15) is 0 Å². The van der Waals surface area contributed by atoms with Crippen LogP contribution < -0.4 is 15.2 Å². The third-order valence-electron chi connectivity index (χ3n) is 6.60. The predicted octanol–water partition coefficient (Wildman–Crippen LogP) is 4.44. The lowest BCUT2D eigenvalue weighted by Crippen LogP contribution is -2.24. The van der Waals surface area contributed by atoms with Crippen molar-refractivity contribution in [3.05, 3.63) is 82.3 Å². The highest BCUT2D eigenvalue weighted by Crippen LogP contribution is 2.44.